The molecule has 1 aromatic carbocycles. The largest absolute Gasteiger partial charge is 0.243 e. The number of aromatic nitrogens is 1. The maximum absolute atomic E-state index is 7.44. The molecule has 50 valence electrons. The van der Waals surface area contributed by atoms with Crippen LogP contribution in [0.5, 0.6) is 0 Å². The normalized spacial score (nSPS) is 13.3. The standard InChI is InChI=1S/C7H5NS2/c9-5-2-1-3-6-7(5)8-4-10-6/h1-4,9H/i2D,4D. The van der Waals surface area contributed by atoms with Crippen molar-refractivity contribution in [3.05, 3.63) is 23.7 Å². The molecule has 0 atom stereocenters. The van der Waals surface area contributed by atoms with Crippen LogP contribution in [-0.4, -0.2) is 4.98 Å². The molecule has 0 amide bonds. The van der Waals surface area contributed by atoms with Crippen molar-refractivity contribution in [1.82, 2.24) is 4.98 Å². The fourth-order valence-electron chi connectivity index (χ4n) is 0.768. The van der Waals surface area contributed by atoms with Gasteiger partial charge in [0, 0.05) is 4.90 Å². The molecule has 1 aromatic heterocycles. The smallest absolute Gasteiger partial charge is 0.0960 e. The maximum atomic E-state index is 7.44. The van der Waals surface area contributed by atoms with Gasteiger partial charge in [-0.15, -0.1) is 24.0 Å². The molecule has 10 heavy (non-hydrogen) atoms. The van der Waals surface area contributed by atoms with E-state index >= 15 is 0 Å². The van der Waals surface area contributed by atoms with E-state index in [0.29, 0.717) is 16.5 Å². The van der Waals surface area contributed by atoms with Gasteiger partial charge in [-0.3, -0.25) is 0 Å². The van der Waals surface area contributed by atoms with Crippen LogP contribution in [0.3, 0.4) is 0 Å². The number of para-hydroxylation sites is 1. The third kappa shape index (κ3) is 0.822. The monoisotopic (exact) mass is 169 g/mol. The molecule has 0 saturated heterocycles. The Bertz CT molecular complexity index is 438. The van der Waals surface area contributed by atoms with Crippen molar-refractivity contribution in [2.45, 2.75) is 4.90 Å². The molecule has 3 heteroatoms. The van der Waals surface area contributed by atoms with E-state index in [2.05, 4.69) is 17.6 Å². The molecule has 0 aliphatic rings. The highest BCUT2D eigenvalue weighted by Gasteiger charge is 1.97. The van der Waals surface area contributed by atoms with Crippen molar-refractivity contribution < 1.29 is 2.74 Å². The van der Waals surface area contributed by atoms with Crippen LogP contribution in [0.15, 0.2) is 28.6 Å². The average Bonchev–Trinajstić information content (AvgIpc) is 2.39. The average molecular weight is 169 g/mol. The molecule has 1 nitrogen and oxygen atoms in total. The van der Waals surface area contributed by atoms with Crippen LogP contribution >= 0.6 is 24.0 Å². The van der Waals surface area contributed by atoms with Gasteiger partial charge in [-0.2, -0.15) is 0 Å². The molecule has 2 aromatic rings. The molecular formula is C7H5NS2. The zero-order valence-electron chi connectivity index (χ0n) is 6.96. The van der Waals surface area contributed by atoms with E-state index in [0.717, 1.165) is 4.70 Å². The van der Waals surface area contributed by atoms with Gasteiger partial charge < -0.3 is 0 Å². The number of rotatable bonds is 0. The predicted octanol–water partition coefficient (Wildman–Crippen LogP) is 2.58. The molecule has 0 aliphatic carbocycles. The molecule has 0 fully saturated rings. The van der Waals surface area contributed by atoms with Gasteiger partial charge in [0.25, 0.3) is 0 Å². The maximum Gasteiger partial charge on any atom is 0.0960 e. The quantitative estimate of drug-likeness (QED) is 0.598. The first-order valence-electron chi connectivity index (χ1n) is 3.74. The molecule has 0 aliphatic heterocycles. The summed E-state index contributed by atoms with van der Waals surface area (Å²) in [6.07, 6.45) is 0. The van der Waals surface area contributed by atoms with E-state index in [1.54, 1.807) is 12.1 Å². The lowest BCUT2D eigenvalue weighted by Gasteiger charge is -1.89. The highest BCUT2D eigenvalue weighted by molar-refractivity contribution is 7.80. The Morgan fingerprint density at radius 2 is 2.60 bits per heavy atom. The Morgan fingerprint density at radius 1 is 1.70 bits per heavy atom. The summed E-state index contributed by atoms with van der Waals surface area (Å²) in [4.78, 5) is 4.52. The predicted molar refractivity (Wildman–Crippen MR) is 46.9 cm³/mol. The summed E-state index contributed by atoms with van der Waals surface area (Å²) in [5.41, 5.74) is 0.937. The summed E-state index contributed by atoms with van der Waals surface area (Å²) in [5, 5.41) is 0. The number of fused-ring (bicyclic) bond motifs is 1. The molecule has 1 heterocycles. The van der Waals surface area contributed by atoms with Crippen LogP contribution in [0.1, 0.15) is 2.74 Å². The van der Waals surface area contributed by atoms with Crippen molar-refractivity contribution in [2.75, 3.05) is 0 Å². The van der Waals surface area contributed by atoms with Crippen molar-refractivity contribution >= 4 is 34.2 Å². The number of hydrogen-bond acceptors (Lipinski definition) is 3. The van der Waals surface area contributed by atoms with E-state index in [-0.39, 0.29) is 5.49 Å². The molecule has 0 bridgehead atoms. The summed E-state index contributed by atoms with van der Waals surface area (Å²) < 4.78 is 15.7. The number of benzene rings is 1. The topological polar surface area (TPSA) is 12.9 Å². The van der Waals surface area contributed by atoms with Crippen LogP contribution < -0.4 is 0 Å². The first-order chi connectivity index (χ1) is 5.68. The molecule has 0 radical (unpaired) electrons. The molecular weight excluding hydrogens is 162 g/mol. The van der Waals surface area contributed by atoms with E-state index in [4.69, 9.17) is 2.74 Å². The second-order valence-corrected chi connectivity index (χ2v) is 3.12. The van der Waals surface area contributed by atoms with E-state index in [1.165, 1.54) is 11.3 Å². The van der Waals surface area contributed by atoms with Crippen LogP contribution in [0, 0.1) is 0 Å². The lowest BCUT2D eigenvalue weighted by molar-refractivity contribution is 1.42. The SMILES string of the molecule is [2H]c1nc2c(S)c([2H])ccc2s1. The summed E-state index contributed by atoms with van der Waals surface area (Å²) in [5.74, 6) is 0. The van der Waals surface area contributed by atoms with Crippen LogP contribution in [0.25, 0.3) is 10.2 Å². The van der Waals surface area contributed by atoms with Gasteiger partial charge >= 0.3 is 0 Å². The lowest BCUT2D eigenvalue weighted by Crippen LogP contribution is -1.68. The Labute approximate surface area is 70.9 Å². The first-order valence-corrected chi connectivity index (χ1v) is 4.00. The van der Waals surface area contributed by atoms with Gasteiger partial charge in [0.05, 0.1) is 18.4 Å². The van der Waals surface area contributed by atoms with Gasteiger partial charge in [0.1, 0.15) is 0 Å². The molecule has 0 unspecified atom stereocenters. The zero-order valence-corrected chi connectivity index (χ0v) is 6.67. The van der Waals surface area contributed by atoms with Gasteiger partial charge in [0.2, 0.25) is 0 Å². The Hall–Kier alpha value is -0.540. The molecule has 0 spiro atoms. The van der Waals surface area contributed by atoms with Crippen LogP contribution in [0.4, 0.5) is 0 Å². The second kappa shape index (κ2) is 2.25. The van der Waals surface area contributed by atoms with Gasteiger partial charge in [0.15, 0.2) is 0 Å². The summed E-state index contributed by atoms with van der Waals surface area (Å²) >= 11 is 5.45. The zero-order chi connectivity index (χ0) is 8.72. The summed E-state index contributed by atoms with van der Waals surface area (Å²) in [6, 6.07) is 3.83. The fourth-order valence-corrected chi connectivity index (χ4v) is 1.70. The summed E-state index contributed by atoms with van der Waals surface area (Å²) in [7, 11) is 0. The third-order valence-electron chi connectivity index (χ3n) is 1.23. The van der Waals surface area contributed by atoms with E-state index in [9.17, 15) is 0 Å². The Kier molecular flexibility index (Phi) is 0.982. The molecule has 0 N–H and O–H groups in total. The van der Waals surface area contributed by atoms with Gasteiger partial charge in [-0.05, 0) is 12.1 Å². The van der Waals surface area contributed by atoms with Crippen LogP contribution in [0.2, 0.25) is 0 Å². The van der Waals surface area contributed by atoms with Crippen molar-refractivity contribution in [3.63, 3.8) is 0 Å². The Morgan fingerprint density at radius 3 is 3.50 bits per heavy atom. The minimum Gasteiger partial charge on any atom is -0.243 e. The highest BCUT2D eigenvalue weighted by Crippen LogP contribution is 2.22. The number of thiol groups is 1. The third-order valence-corrected chi connectivity index (χ3v) is 2.30. The number of nitrogens with zero attached hydrogens (tertiary/aromatic N) is 1. The van der Waals surface area contributed by atoms with Gasteiger partial charge in [-0.25, -0.2) is 4.98 Å². The minimum absolute atomic E-state index is 0.269. The minimum atomic E-state index is 0.269. The van der Waals surface area contributed by atoms with Crippen molar-refractivity contribution in [1.29, 1.82) is 0 Å². The van der Waals surface area contributed by atoms with E-state index in [1.807, 2.05) is 0 Å². The highest BCUT2D eigenvalue weighted by atomic mass is 32.1. The van der Waals surface area contributed by atoms with Crippen molar-refractivity contribution in [3.8, 4) is 0 Å². The molecule has 0 saturated carbocycles. The second-order valence-electron chi connectivity index (χ2n) is 1.84. The summed E-state index contributed by atoms with van der Waals surface area (Å²) in [6.45, 7) is 0. The van der Waals surface area contributed by atoms with E-state index < -0.39 is 0 Å². The molecule has 2 rings (SSSR count). The van der Waals surface area contributed by atoms with Crippen molar-refractivity contribution in [2.24, 2.45) is 0 Å². The Balaban J connectivity index is 2.89. The number of hydrogen-bond donors (Lipinski definition) is 1. The number of thiazole rings is 1. The fraction of sp³-hybridized carbons (Fsp3) is 0. The first kappa shape index (κ1) is 4.36. The van der Waals surface area contributed by atoms with Crippen LogP contribution in [-0.2, 0) is 0 Å². The van der Waals surface area contributed by atoms with Gasteiger partial charge in [-0.1, -0.05) is 6.07 Å². The lowest BCUT2D eigenvalue weighted by atomic mass is 10.3.